The molecule has 0 bridgehead atoms. The second-order valence-electron chi connectivity index (χ2n) is 5.56. The fourth-order valence-corrected chi connectivity index (χ4v) is 2.44. The molecule has 4 nitrogen and oxygen atoms in total. The van der Waals surface area contributed by atoms with Gasteiger partial charge in [-0.2, -0.15) is 5.26 Å². The molecule has 5 heteroatoms. The quantitative estimate of drug-likeness (QED) is 0.622. The molecule has 0 saturated carbocycles. The first-order valence-corrected chi connectivity index (χ1v) is 8.03. The molecule has 25 heavy (non-hydrogen) atoms. The van der Waals surface area contributed by atoms with Crippen LogP contribution in [0.5, 0.6) is 0 Å². The lowest BCUT2D eigenvalue weighted by atomic mass is 10.1. The van der Waals surface area contributed by atoms with E-state index in [-0.39, 0.29) is 17.9 Å². The van der Waals surface area contributed by atoms with E-state index >= 15 is 0 Å². The van der Waals surface area contributed by atoms with Crippen LogP contribution in [0.3, 0.4) is 0 Å². The maximum atomic E-state index is 13.6. The Bertz CT molecular complexity index is 837. The van der Waals surface area contributed by atoms with Crippen LogP contribution >= 0.6 is 0 Å². The first kappa shape index (κ1) is 18.2. The number of carbonyl (C=O) groups is 1. The van der Waals surface area contributed by atoms with Gasteiger partial charge in [0, 0.05) is 24.0 Å². The number of hydrogen-bond acceptors (Lipinski definition) is 3. The predicted octanol–water partition coefficient (Wildman–Crippen LogP) is 3.83. The van der Waals surface area contributed by atoms with Crippen LogP contribution in [0.2, 0.25) is 0 Å². The normalized spacial score (nSPS) is 10.9. The summed E-state index contributed by atoms with van der Waals surface area (Å²) in [5.74, 6) is -0.827. The van der Waals surface area contributed by atoms with E-state index in [1.807, 2.05) is 38.1 Å². The summed E-state index contributed by atoms with van der Waals surface area (Å²) in [6, 6.07) is 14.0. The summed E-state index contributed by atoms with van der Waals surface area (Å²) in [6.45, 7) is 4.10. The molecule has 0 heterocycles. The number of hydrogen-bond donors (Lipinski definition) is 2. The molecular formula is C20H20FN3O. The Labute approximate surface area is 147 Å². The number of anilines is 1. The largest absolute Gasteiger partial charge is 0.385 e. The minimum Gasteiger partial charge on any atom is -0.385 e. The van der Waals surface area contributed by atoms with Crippen LogP contribution in [-0.2, 0) is 17.8 Å². The first-order valence-electron chi connectivity index (χ1n) is 8.03. The van der Waals surface area contributed by atoms with Crippen LogP contribution < -0.4 is 10.6 Å². The van der Waals surface area contributed by atoms with E-state index in [1.54, 1.807) is 18.2 Å². The standard InChI is InChI=1S/C20H20FN3O/c1-3-15-9-6-7-14(2)19(15)24-20(25)17(11-22)13-23-12-16-8-4-5-10-18(16)21/h4-10,13,23H,3,12H2,1-2H3,(H,24,25)/b17-13-. The van der Waals surface area contributed by atoms with Crippen LogP contribution in [0.1, 0.15) is 23.6 Å². The fraction of sp³-hybridized carbons (Fsp3) is 0.200. The molecule has 0 saturated heterocycles. The van der Waals surface area contributed by atoms with Crippen molar-refractivity contribution in [2.24, 2.45) is 0 Å². The van der Waals surface area contributed by atoms with Gasteiger partial charge in [0.1, 0.15) is 17.5 Å². The van der Waals surface area contributed by atoms with Crippen molar-refractivity contribution in [1.82, 2.24) is 5.32 Å². The summed E-state index contributed by atoms with van der Waals surface area (Å²) < 4.78 is 13.6. The molecule has 0 atom stereocenters. The van der Waals surface area contributed by atoms with Crippen LogP contribution in [0.25, 0.3) is 0 Å². The lowest BCUT2D eigenvalue weighted by molar-refractivity contribution is -0.112. The number of nitrogens with one attached hydrogen (secondary N) is 2. The highest BCUT2D eigenvalue weighted by Gasteiger charge is 2.13. The summed E-state index contributed by atoms with van der Waals surface area (Å²) in [5.41, 5.74) is 3.06. The van der Waals surface area contributed by atoms with Gasteiger partial charge >= 0.3 is 0 Å². The highest BCUT2D eigenvalue weighted by atomic mass is 19.1. The number of benzene rings is 2. The van der Waals surface area contributed by atoms with Gasteiger partial charge in [0.05, 0.1) is 0 Å². The zero-order chi connectivity index (χ0) is 18.2. The third-order valence-electron chi connectivity index (χ3n) is 3.84. The van der Waals surface area contributed by atoms with E-state index in [9.17, 15) is 14.4 Å². The molecule has 0 spiro atoms. The van der Waals surface area contributed by atoms with Crippen LogP contribution in [-0.4, -0.2) is 5.91 Å². The lowest BCUT2D eigenvalue weighted by Gasteiger charge is -2.12. The molecule has 0 aromatic heterocycles. The summed E-state index contributed by atoms with van der Waals surface area (Å²) >= 11 is 0. The molecule has 2 rings (SSSR count). The number of nitriles is 1. The van der Waals surface area contributed by atoms with Crippen molar-refractivity contribution in [3.8, 4) is 6.07 Å². The monoisotopic (exact) mass is 337 g/mol. The van der Waals surface area contributed by atoms with Gasteiger partial charge in [0.15, 0.2) is 0 Å². The predicted molar refractivity (Wildman–Crippen MR) is 96.1 cm³/mol. The molecule has 0 aliphatic rings. The average Bonchev–Trinajstić information content (AvgIpc) is 2.61. The van der Waals surface area contributed by atoms with E-state index < -0.39 is 5.91 Å². The molecule has 0 radical (unpaired) electrons. The molecule has 2 aromatic rings. The number of halogens is 1. The Balaban J connectivity index is 2.09. The molecular weight excluding hydrogens is 317 g/mol. The van der Waals surface area contributed by atoms with E-state index in [0.29, 0.717) is 5.56 Å². The Hall–Kier alpha value is -3.13. The third kappa shape index (κ3) is 4.67. The topological polar surface area (TPSA) is 64.9 Å². The highest BCUT2D eigenvalue weighted by Crippen LogP contribution is 2.21. The van der Waals surface area contributed by atoms with Gasteiger partial charge in [-0.25, -0.2) is 4.39 Å². The van der Waals surface area contributed by atoms with Crippen molar-refractivity contribution < 1.29 is 9.18 Å². The Morgan fingerprint density at radius 1 is 1.20 bits per heavy atom. The SMILES string of the molecule is CCc1cccc(C)c1NC(=O)/C(C#N)=C\NCc1ccccc1F. The van der Waals surface area contributed by atoms with Crippen LogP contribution in [0, 0.1) is 24.1 Å². The van der Waals surface area contributed by atoms with Crippen molar-refractivity contribution in [2.75, 3.05) is 5.32 Å². The number of amides is 1. The van der Waals surface area contributed by atoms with Crippen molar-refractivity contribution in [3.05, 3.63) is 76.7 Å². The van der Waals surface area contributed by atoms with Gasteiger partial charge in [-0.05, 0) is 30.5 Å². The summed E-state index contributed by atoms with van der Waals surface area (Å²) in [6.07, 6.45) is 2.08. The fourth-order valence-electron chi connectivity index (χ4n) is 2.44. The molecule has 0 aliphatic heterocycles. The second kappa shape index (κ2) is 8.65. The summed E-state index contributed by atoms with van der Waals surface area (Å²) in [5, 5.41) is 14.8. The molecule has 0 fully saturated rings. The lowest BCUT2D eigenvalue weighted by Crippen LogP contribution is -2.18. The number of rotatable bonds is 6. The molecule has 128 valence electrons. The maximum absolute atomic E-state index is 13.6. The first-order chi connectivity index (χ1) is 12.1. The van der Waals surface area contributed by atoms with Gasteiger partial charge < -0.3 is 10.6 Å². The number of para-hydroxylation sites is 1. The average molecular weight is 337 g/mol. The van der Waals surface area contributed by atoms with Crippen molar-refractivity contribution in [2.45, 2.75) is 26.8 Å². The van der Waals surface area contributed by atoms with E-state index in [4.69, 9.17) is 0 Å². The van der Waals surface area contributed by atoms with Gasteiger partial charge in [-0.3, -0.25) is 4.79 Å². The smallest absolute Gasteiger partial charge is 0.267 e. The van der Waals surface area contributed by atoms with E-state index in [2.05, 4.69) is 10.6 Å². The molecule has 2 N–H and O–H groups in total. The summed E-state index contributed by atoms with van der Waals surface area (Å²) in [4.78, 5) is 12.4. The van der Waals surface area contributed by atoms with Crippen LogP contribution in [0.4, 0.5) is 10.1 Å². The minimum absolute atomic E-state index is 0.0679. The number of nitrogens with zero attached hydrogens (tertiary/aromatic N) is 1. The van der Waals surface area contributed by atoms with Crippen molar-refractivity contribution in [3.63, 3.8) is 0 Å². The third-order valence-corrected chi connectivity index (χ3v) is 3.84. The van der Waals surface area contributed by atoms with Gasteiger partial charge in [-0.15, -0.1) is 0 Å². The zero-order valence-electron chi connectivity index (χ0n) is 14.3. The van der Waals surface area contributed by atoms with Crippen molar-refractivity contribution in [1.29, 1.82) is 5.26 Å². The zero-order valence-corrected chi connectivity index (χ0v) is 14.3. The summed E-state index contributed by atoms with van der Waals surface area (Å²) in [7, 11) is 0. The van der Waals surface area contributed by atoms with Crippen LogP contribution in [0.15, 0.2) is 54.2 Å². The van der Waals surface area contributed by atoms with E-state index in [0.717, 1.165) is 23.2 Å². The molecule has 0 aliphatic carbocycles. The number of aryl methyl sites for hydroxylation is 2. The van der Waals surface area contributed by atoms with E-state index in [1.165, 1.54) is 12.3 Å². The van der Waals surface area contributed by atoms with Crippen molar-refractivity contribution >= 4 is 11.6 Å². The Morgan fingerprint density at radius 2 is 1.92 bits per heavy atom. The Kier molecular flexibility index (Phi) is 6.30. The number of carbonyl (C=O) groups excluding carboxylic acids is 1. The molecule has 1 amide bonds. The second-order valence-corrected chi connectivity index (χ2v) is 5.56. The molecule has 2 aromatic carbocycles. The highest BCUT2D eigenvalue weighted by molar-refractivity contribution is 6.07. The Morgan fingerprint density at radius 3 is 2.60 bits per heavy atom. The maximum Gasteiger partial charge on any atom is 0.267 e. The minimum atomic E-state index is -0.493. The molecule has 0 unspecified atom stereocenters. The van der Waals surface area contributed by atoms with Gasteiger partial charge in [0.2, 0.25) is 0 Å². The van der Waals surface area contributed by atoms with Gasteiger partial charge in [-0.1, -0.05) is 43.3 Å². The van der Waals surface area contributed by atoms with Gasteiger partial charge in [0.25, 0.3) is 5.91 Å².